The molecule has 29 heavy (non-hydrogen) atoms. The van der Waals surface area contributed by atoms with Gasteiger partial charge in [0, 0.05) is 31.9 Å². The molecular formula is C19H25N5O4S. The zero-order valence-electron chi connectivity index (χ0n) is 16.5. The average molecular weight is 420 g/mol. The third-order valence-electron chi connectivity index (χ3n) is 4.35. The summed E-state index contributed by atoms with van der Waals surface area (Å²) in [4.78, 5) is 30.9. The van der Waals surface area contributed by atoms with Crippen molar-refractivity contribution in [1.82, 2.24) is 15.5 Å². The minimum atomic E-state index is -0.397. The van der Waals surface area contributed by atoms with E-state index in [1.54, 1.807) is 26.1 Å². The summed E-state index contributed by atoms with van der Waals surface area (Å²) in [7, 11) is 0. The van der Waals surface area contributed by atoms with Crippen molar-refractivity contribution in [2.45, 2.75) is 25.6 Å². The van der Waals surface area contributed by atoms with Crippen molar-refractivity contribution in [2.24, 2.45) is 0 Å². The van der Waals surface area contributed by atoms with Crippen LogP contribution in [0.1, 0.15) is 18.2 Å². The number of hydrogen-bond acceptors (Lipinski definition) is 8. The topological polar surface area (TPSA) is 110 Å². The normalized spacial score (nSPS) is 15.0. The van der Waals surface area contributed by atoms with E-state index in [0.29, 0.717) is 31.3 Å². The van der Waals surface area contributed by atoms with Gasteiger partial charge in [0.15, 0.2) is 5.82 Å². The zero-order chi connectivity index (χ0) is 20.6. The van der Waals surface area contributed by atoms with Gasteiger partial charge < -0.3 is 24.8 Å². The molecule has 2 N–H and O–H groups in total. The number of hydrogen-bond donors (Lipinski definition) is 2. The summed E-state index contributed by atoms with van der Waals surface area (Å²) in [6.45, 7) is 6.93. The summed E-state index contributed by atoms with van der Waals surface area (Å²) in [6, 6.07) is 5.50. The minimum absolute atomic E-state index is 0.128. The minimum Gasteiger partial charge on any atom is -0.378 e. The predicted octanol–water partition coefficient (Wildman–Crippen LogP) is 1.59. The van der Waals surface area contributed by atoms with Crippen LogP contribution in [0.4, 0.5) is 11.6 Å². The Bertz CT molecular complexity index is 838. The van der Waals surface area contributed by atoms with Gasteiger partial charge in [-0.1, -0.05) is 5.16 Å². The molecule has 2 aromatic rings. The Labute approximate surface area is 173 Å². The van der Waals surface area contributed by atoms with E-state index in [2.05, 4.69) is 25.7 Å². The molecule has 1 fully saturated rings. The molecule has 9 nitrogen and oxygen atoms in total. The summed E-state index contributed by atoms with van der Waals surface area (Å²) in [6.07, 6.45) is 1.75. The maximum atomic E-state index is 12.2. The fraction of sp³-hybridized carbons (Fsp3) is 0.474. The third-order valence-corrected chi connectivity index (χ3v) is 5.49. The van der Waals surface area contributed by atoms with E-state index < -0.39 is 5.25 Å². The molecule has 1 aliphatic rings. The number of nitrogens with one attached hydrogen (secondary N) is 2. The van der Waals surface area contributed by atoms with Gasteiger partial charge in [-0.15, -0.1) is 11.8 Å². The number of pyridine rings is 1. The Morgan fingerprint density at radius 3 is 2.83 bits per heavy atom. The first-order valence-corrected chi connectivity index (χ1v) is 10.5. The number of aromatic nitrogens is 2. The molecule has 1 atom stereocenters. The molecule has 0 spiro atoms. The van der Waals surface area contributed by atoms with Gasteiger partial charge in [-0.3, -0.25) is 9.59 Å². The molecule has 1 saturated heterocycles. The van der Waals surface area contributed by atoms with Gasteiger partial charge in [-0.2, -0.15) is 0 Å². The Hall–Kier alpha value is -2.59. The summed E-state index contributed by atoms with van der Waals surface area (Å²) >= 11 is 1.26. The summed E-state index contributed by atoms with van der Waals surface area (Å²) in [5.41, 5.74) is 0.979. The second-order valence-corrected chi connectivity index (χ2v) is 7.99. The van der Waals surface area contributed by atoms with Crippen LogP contribution < -0.4 is 15.5 Å². The lowest BCUT2D eigenvalue weighted by Crippen LogP contribution is -2.36. The molecule has 156 valence electrons. The van der Waals surface area contributed by atoms with Gasteiger partial charge in [0.2, 0.25) is 11.8 Å². The number of anilines is 2. The van der Waals surface area contributed by atoms with Crippen LogP contribution in [0.2, 0.25) is 0 Å². The number of carbonyl (C=O) groups is 2. The Kier molecular flexibility index (Phi) is 7.48. The highest BCUT2D eigenvalue weighted by atomic mass is 32.2. The Morgan fingerprint density at radius 2 is 2.10 bits per heavy atom. The number of rotatable bonds is 8. The highest BCUT2D eigenvalue weighted by molar-refractivity contribution is 8.01. The zero-order valence-corrected chi connectivity index (χ0v) is 17.3. The first-order valence-electron chi connectivity index (χ1n) is 9.41. The molecule has 3 rings (SSSR count). The van der Waals surface area contributed by atoms with Crippen LogP contribution in [0.15, 0.2) is 28.9 Å². The van der Waals surface area contributed by atoms with Gasteiger partial charge in [0.1, 0.15) is 11.6 Å². The standard InChI is InChI=1S/C19H25N5O4S/c1-13-9-16(23-28-13)22-19(26)14(2)29-12-18(25)21-11-15-3-4-20-17(10-15)24-5-7-27-8-6-24/h3-4,9-10,14H,5-8,11-12H2,1-2H3,(H,21,25)(H,22,23,26). The Balaban J connectivity index is 1.41. The van der Waals surface area contributed by atoms with Crippen LogP contribution in [-0.4, -0.2) is 59.3 Å². The number of thioether (sulfide) groups is 1. The van der Waals surface area contributed by atoms with Crippen molar-refractivity contribution in [2.75, 3.05) is 42.3 Å². The van der Waals surface area contributed by atoms with Crippen molar-refractivity contribution in [3.8, 4) is 0 Å². The van der Waals surface area contributed by atoms with Crippen molar-refractivity contribution in [1.29, 1.82) is 0 Å². The summed E-state index contributed by atoms with van der Waals surface area (Å²) < 4.78 is 10.3. The van der Waals surface area contributed by atoms with Gasteiger partial charge in [-0.05, 0) is 31.5 Å². The molecule has 0 aliphatic carbocycles. The van der Waals surface area contributed by atoms with Crippen LogP contribution in [0.5, 0.6) is 0 Å². The maximum Gasteiger partial charge on any atom is 0.238 e. The first-order chi connectivity index (χ1) is 14.0. The quantitative estimate of drug-likeness (QED) is 0.664. The number of carbonyl (C=O) groups excluding carboxylic acids is 2. The van der Waals surface area contributed by atoms with Gasteiger partial charge >= 0.3 is 0 Å². The summed E-state index contributed by atoms with van der Waals surface area (Å²) in [5, 5.41) is 8.88. The van der Waals surface area contributed by atoms with E-state index in [1.165, 1.54) is 11.8 Å². The number of aryl methyl sites for hydroxylation is 1. The molecule has 1 unspecified atom stereocenters. The van der Waals surface area contributed by atoms with E-state index >= 15 is 0 Å². The summed E-state index contributed by atoms with van der Waals surface area (Å²) in [5.74, 6) is 1.72. The highest BCUT2D eigenvalue weighted by Gasteiger charge is 2.17. The maximum absolute atomic E-state index is 12.2. The van der Waals surface area contributed by atoms with Crippen molar-refractivity contribution < 1.29 is 18.8 Å². The number of ether oxygens (including phenoxy) is 1. The van der Waals surface area contributed by atoms with E-state index in [0.717, 1.165) is 24.5 Å². The van der Waals surface area contributed by atoms with E-state index in [4.69, 9.17) is 9.26 Å². The van der Waals surface area contributed by atoms with Crippen molar-refractivity contribution in [3.63, 3.8) is 0 Å². The molecule has 1 aliphatic heterocycles. The van der Waals surface area contributed by atoms with Crippen molar-refractivity contribution in [3.05, 3.63) is 35.7 Å². The van der Waals surface area contributed by atoms with Crippen LogP contribution >= 0.6 is 11.8 Å². The molecule has 2 amide bonds. The van der Waals surface area contributed by atoms with E-state index in [9.17, 15) is 9.59 Å². The van der Waals surface area contributed by atoms with Crippen LogP contribution in [0.25, 0.3) is 0 Å². The predicted molar refractivity (Wildman–Crippen MR) is 111 cm³/mol. The fourth-order valence-electron chi connectivity index (χ4n) is 2.72. The lowest BCUT2D eigenvalue weighted by atomic mass is 10.2. The molecular weight excluding hydrogens is 394 g/mol. The molecule has 3 heterocycles. The molecule has 2 aromatic heterocycles. The number of morpholine rings is 1. The van der Waals surface area contributed by atoms with Crippen LogP contribution in [-0.2, 0) is 20.9 Å². The van der Waals surface area contributed by atoms with Gasteiger partial charge in [-0.25, -0.2) is 4.98 Å². The number of nitrogens with zero attached hydrogens (tertiary/aromatic N) is 3. The molecule has 10 heteroatoms. The second-order valence-electron chi connectivity index (χ2n) is 6.66. The van der Waals surface area contributed by atoms with E-state index in [1.807, 2.05) is 12.1 Å². The largest absolute Gasteiger partial charge is 0.378 e. The number of amides is 2. The third kappa shape index (κ3) is 6.47. The monoisotopic (exact) mass is 419 g/mol. The molecule has 0 saturated carbocycles. The lowest BCUT2D eigenvalue weighted by Gasteiger charge is -2.28. The highest BCUT2D eigenvalue weighted by Crippen LogP contribution is 2.16. The van der Waals surface area contributed by atoms with E-state index in [-0.39, 0.29) is 17.6 Å². The van der Waals surface area contributed by atoms with Gasteiger partial charge in [0.05, 0.1) is 24.2 Å². The first kappa shape index (κ1) is 21.1. The smallest absolute Gasteiger partial charge is 0.238 e. The second kappa shape index (κ2) is 10.3. The molecule has 0 bridgehead atoms. The average Bonchev–Trinajstić information content (AvgIpc) is 3.15. The fourth-order valence-corrected chi connectivity index (χ4v) is 3.43. The van der Waals surface area contributed by atoms with Crippen molar-refractivity contribution >= 4 is 35.2 Å². The SMILES string of the molecule is Cc1cc(NC(=O)C(C)SCC(=O)NCc2ccnc(N3CCOCC3)c2)no1. The Morgan fingerprint density at radius 1 is 1.31 bits per heavy atom. The van der Waals surface area contributed by atoms with Gasteiger partial charge in [0.25, 0.3) is 0 Å². The molecule has 0 aromatic carbocycles. The lowest BCUT2D eigenvalue weighted by molar-refractivity contribution is -0.118. The van der Waals surface area contributed by atoms with Crippen LogP contribution in [0.3, 0.4) is 0 Å². The van der Waals surface area contributed by atoms with Crippen LogP contribution in [0, 0.1) is 6.92 Å². The molecule has 0 radical (unpaired) electrons.